The third-order valence-corrected chi connectivity index (χ3v) is 2.87. The van der Waals surface area contributed by atoms with Gasteiger partial charge in [-0.05, 0) is 18.4 Å². The highest BCUT2D eigenvalue weighted by atomic mass is 79.9. The molecule has 2 aromatic rings. The van der Waals surface area contributed by atoms with Crippen LogP contribution in [0.2, 0.25) is 0 Å². The number of hydrogen-bond donors (Lipinski definition) is 0. The molecule has 0 aliphatic heterocycles. The molecule has 0 bridgehead atoms. The maximum absolute atomic E-state index is 12.7. The highest BCUT2D eigenvalue weighted by Gasteiger charge is 2.33. The zero-order valence-electron chi connectivity index (χ0n) is 8.92. The van der Waals surface area contributed by atoms with Gasteiger partial charge in [-0.25, -0.2) is 4.98 Å². The number of rotatable bonds is 1. The third-order valence-electron chi connectivity index (χ3n) is 2.44. The average molecular weight is 304 g/mol. The first-order chi connectivity index (χ1) is 7.89. The molecular formula is C12H9BrF3N. The highest BCUT2D eigenvalue weighted by molar-refractivity contribution is 9.09. The van der Waals surface area contributed by atoms with Crippen LogP contribution < -0.4 is 0 Å². The Bertz CT molecular complexity index is 549. The van der Waals surface area contributed by atoms with E-state index in [0.29, 0.717) is 11.1 Å². The van der Waals surface area contributed by atoms with Crippen LogP contribution >= 0.6 is 15.9 Å². The number of nitrogens with zero attached hydrogens (tertiary/aromatic N) is 1. The molecule has 0 saturated carbocycles. The van der Waals surface area contributed by atoms with Crippen molar-refractivity contribution in [2.24, 2.45) is 0 Å². The van der Waals surface area contributed by atoms with Crippen molar-refractivity contribution in [1.82, 2.24) is 4.98 Å². The van der Waals surface area contributed by atoms with E-state index in [1.54, 1.807) is 31.2 Å². The maximum Gasteiger partial charge on any atom is 0.433 e. The van der Waals surface area contributed by atoms with Crippen LogP contribution in [0.4, 0.5) is 13.2 Å². The Balaban J connectivity index is 2.76. The summed E-state index contributed by atoms with van der Waals surface area (Å²) >= 11 is 3.27. The molecule has 0 aliphatic rings. The molecule has 0 amide bonds. The maximum atomic E-state index is 12.7. The molecule has 1 aromatic heterocycles. The van der Waals surface area contributed by atoms with E-state index in [2.05, 4.69) is 20.9 Å². The lowest BCUT2D eigenvalue weighted by atomic mass is 10.1. The van der Waals surface area contributed by atoms with Gasteiger partial charge in [0.2, 0.25) is 0 Å². The normalized spacial score (nSPS) is 13.9. The first kappa shape index (κ1) is 12.4. The minimum atomic E-state index is -4.42. The molecule has 0 radical (unpaired) electrons. The lowest BCUT2D eigenvalue weighted by molar-refractivity contribution is -0.141. The Kier molecular flexibility index (Phi) is 3.12. The first-order valence-electron chi connectivity index (χ1n) is 5.00. The van der Waals surface area contributed by atoms with E-state index in [1.807, 2.05) is 0 Å². The summed E-state index contributed by atoms with van der Waals surface area (Å²) in [5.74, 6) is 0. The molecule has 17 heavy (non-hydrogen) atoms. The molecule has 0 N–H and O–H groups in total. The molecule has 1 heterocycles. The topological polar surface area (TPSA) is 12.9 Å². The Morgan fingerprint density at radius 2 is 1.88 bits per heavy atom. The summed E-state index contributed by atoms with van der Waals surface area (Å²) in [6.45, 7) is 1.76. The molecule has 1 aromatic carbocycles. The predicted molar refractivity (Wildman–Crippen MR) is 64.1 cm³/mol. The number of alkyl halides is 4. The number of benzene rings is 1. The Labute approximate surface area is 105 Å². The van der Waals surface area contributed by atoms with Crippen molar-refractivity contribution in [2.45, 2.75) is 17.9 Å². The lowest BCUT2D eigenvalue weighted by Crippen LogP contribution is -2.10. The van der Waals surface area contributed by atoms with Gasteiger partial charge in [-0.3, -0.25) is 0 Å². The average Bonchev–Trinajstić information content (AvgIpc) is 2.26. The molecule has 2 rings (SSSR count). The second-order valence-corrected chi connectivity index (χ2v) is 5.10. The molecule has 1 unspecified atom stereocenters. The molecular weight excluding hydrogens is 295 g/mol. The van der Waals surface area contributed by atoms with Gasteiger partial charge >= 0.3 is 6.18 Å². The monoisotopic (exact) mass is 303 g/mol. The summed E-state index contributed by atoms with van der Waals surface area (Å²) in [6, 6.07) is 8.01. The molecule has 90 valence electrons. The van der Waals surface area contributed by atoms with Crippen molar-refractivity contribution in [3.05, 3.63) is 41.7 Å². The van der Waals surface area contributed by atoms with Crippen molar-refractivity contribution in [3.63, 3.8) is 0 Å². The second kappa shape index (κ2) is 4.29. The van der Waals surface area contributed by atoms with E-state index >= 15 is 0 Å². The van der Waals surface area contributed by atoms with E-state index in [1.165, 1.54) is 0 Å². The van der Waals surface area contributed by atoms with Crippen LogP contribution in [0.25, 0.3) is 10.8 Å². The van der Waals surface area contributed by atoms with Crippen LogP contribution in [0.15, 0.2) is 30.3 Å². The number of halogens is 4. The van der Waals surface area contributed by atoms with Crippen LogP contribution in [-0.2, 0) is 6.18 Å². The standard InChI is InChI=1S/C12H9BrF3N/c1-7(13)11-9-5-3-2-4-8(9)6-10(17-11)12(14,15)16/h2-7H,1H3. The zero-order chi connectivity index (χ0) is 12.6. The minimum absolute atomic E-state index is 0.227. The molecule has 0 spiro atoms. The minimum Gasteiger partial charge on any atom is -0.247 e. The van der Waals surface area contributed by atoms with Gasteiger partial charge in [-0.15, -0.1) is 0 Å². The van der Waals surface area contributed by atoms with E-state index in [-0.39, 0.29) is 4.83 Å². The van der Waals surface area contributed by atoms with Gasteiger partial charge in [0.15, 0.2) is 0 Å². The summed E-state index contributed by atoms with van der Waals surface area (Å²) in [6.07, 6.45) is -4.42. The molecule has 1 nitrogen and oxygen atoms in total. The molecule has 0 fully saturated rings. The van der Waals surface area contributed by atoms with Gasteiger partial charge in [0, 0.05) is 5.39 Å². The van der Waals surface area contributed by atoms with Crippen molar-refractivity contribution >= 4 is 26.7 Å². The van der Waals surface area contributed by atoms with Gasteiger partial charge in [-0.1, -0.05) is 40.2 Å². The van der Waals surface area contributed by atoms with Gasteiger partial charge in [0.1, 0.15) is 5.69 Å². The van der Waals surface area contributed by atoms with E-state index in [0.717, 1.165) is 11.5 Å². The van der Waals surface area contributed by atoms with Crippen molar-refractivity contribution in [2.75, 3.05) is 0 Å². The van der Waals surface area contributed by atoms with Crippen LogP contribution in [0.3, 0.4) is 0 Å². The Hall–Kier alpha value is -1.10. The zero-order valence-corrected chi connectivity index (χ0v) is 10.5. The van der Waals surface area contributed by atoms with Gasteiger partial charge < -0.3 is 0 Å². The second-order valence-electron chi connectivity index (χ2n) is 3.73. The SMILES string of the molecule is CC(Br)c1nc(C(F)(F)F)cc2ccccc12. The first-order valence-corrected chi connectivity index (χ1v) is 5.92. The van der Waals surface area contributed by atoms with Gasteiger partial charge in [0.25, 0.3) is 0 Å². The number of pyridine rings is 1. The third kappa shape index (κ3) is 2.44. The molecule has 0 aliphatic carbocycles. The van der Waals surface area contributed by atoms with E-state index < -0.39 is 11.9 Å². The highest BCUT2D eigenvalue weighted by Crippen LogP contribution is 2.34. The summed E-state index contributed by atoms with van der Waals surface area (Å²) in [4.78, 5) is 3.47. The fraction of sp³-hybridized carbons (Fsp3) is 0.250. The van der Waals surface area contributed by atoms with Gasteiger partial charge in [-0.2, -0.15) is 13.2 Å². The summed E-state index contributed by atoms with van der Waals surface area (Å²) in [5.41, 5.74) is -0.437. The van der Waals surface area contributed by atoms with Crippen LogP contribution in [0.5, 0.6) is 0 Å². The number of aromatic nitrogens is 1. The van der Waals surface area contributed by atoms with Crippen LogP contribution in [0, 0.1) is 0 Å². The van der Waals surface area contributed by atoms with Crippen LogP contribution in [-0.4, -0.2) is 4.98 Å². The summed E-state index contributed by atoms with van der Waals surface area (Å²) in [7, 11) is 0. The summed E-state index contributed by atoms with van der Waals surface area (Å²) in [5, 5.41) is 1.29. The van der Waals surface area contributed by atoms with Crippen LogP contribution in [0.1, 0.15) is 23.1 Å². The Morgan fingerprint density at radius 3 is 2.47 bits per heavy atom. The molecule has 5 heteroatoms. The molecule has 0 saturated heterocycles. The Morgan fingerprint density at radius 1 is 1.24 bits per heavy atom. The molecule has 1 atom stereocenters. The number of hydrogen-bond acceptors (Lipinski definition) is 1. The quantitative estimate of drug-likeness (QED) is 0.695. The van der Waals surface area contributed by atoms with E-state index in [4.69, 9.17) is 0 Å². The van der Waals surface area contributed by atoms with Crippen molar-refractivity contribution in [1.29, 1.82) is 0 Å². The van der Waals surface area contributed by atoms with Gasteiger partial charge in [0.05, 0.1) is 10.5 Å². The largest absolute Gasteiger partial charge is 0.433 e. The fourth-order valence-electron chi connectivity index (χ4n) is 1.67. The summed E-state index contributed by atoms with van der Waals surface area (Å²) < 4.78 is 38.0. The van der Waals surface area contributed by atoms with Crippen molar-refractivity contribution in [3.8, 4) is 0 Å². The lowest BCUT2D eigenvalue weighted by Gasteiger charge is -2.12. The smallest absolute Gasteiger partial charge is 0.247 e. The number of fused-ring (bicyclic) bond motifs is 1. The van der Waals surface area contributed by atoms with Crippen molar-refractivity contribution < 1.29 is 13.2 Å². The fourth-order valence-corrected chi connectivity index (χ4v) is 2.02. The predicted octanol–water partition coefficient (Wildman–Crippen LogP) is 4.71. The van der Waals surface area contributed by atoms with E-state index in [9.17, 15) is 13.2 Å².